The van der Waals surface area contributed by atoms with Gasteiger partial charge in [0.1, 0.15) is 26.4 Å². The topological polar surface area (TPSA) is 167 Å². The number of nitrogens with zero attached hydrogens (tertiary/aromatic N) is 4. The van der Waals surface area contributed by atoms with Gasteiger partial charge in [0.05, 0.1) is 26.2 Å². The van der Waals surface area contributed by atoms with Crippen LogP contribution >= 0.6 is 0 Å². The van der Waals surface area contributed by atoms with Crippen molar-refractivity contribution < 1.29 is 78.3 Å². The SMILES string of the molecule is OC1=NCCO1.OC1=NCCO1.OC1=NCCO1.OC1=NCCO1.[Rh].[Rh]. The molecule has 4 aliphatic heterocycles. The van der Waals surface area contributed by atoms with E-state index in [2.05, 4.69) is 38.9 Å². The van der Waals surface area contributed by atoms with Gasteiger partial charge in [0, 0.05) is 39.0 Å². The second-order valence-electron chi connectivity index (χ2n) is 4.05. The van der Waals surface area contributed by atoms with Crippen molar-refractivity contribution in [3.63, 3.8) is 0 Å². The first-order chi connectivity index (χ1) is 11.6. The van der Waals surface area contributed by atoms with Gasteiger partial charge in [-0.05, 0) is 0 Å². The average molecular weight is 554 g/mol. The van der Waals surface area contributed by atoms with E-state index in [-0.39, 0.29) is 63.3 Å². The van der Waals surface area contributed by atoms with E-state index in [1.807, 2.05) is 0 Å². The molecular weight excluding hydrogens is 534 g/mol. The summed E-state index contributed by atoms with van der Waals surface area (Å²) in [6.07, 6.45) is -0.685. The molecule has 26 heavy (non-hydrogen) atoms. The largest absolute Gasteiger partial charge is 0.466 e. The van der Waals surface area contributed by atoms with Crippen molar-refractivity contribution in [2.24, 2.45) is 20.0 Å². The maximum atomic E-state index is 8.26. The molecule has 154 valence electrons. The molecule has 0 bridgehead atoms. The zero-order chi connectivity index (χ0) is 17.6. The third-order valence-electron chi connectivity index (χ3n) is 2.28. The first-order valence-electron chi connectivity index (χ1n) is 7.02. The number of hydrogen-bond acceptors (Lipinski definition) is 8. The van der Waals surface area contributed by atoms with Crippen LogP contribution in [0.2, 0.25) is 0 Å². The molecule has 0 spiro atoms. The van der Waals surface area contributed by atoms with Crippen LogP contribution in [0.5, 0.6) is 0 Å². The molecule has 0 aromatic rings. The maximum absolute atomic E-state index is 8.26. The summed E-state index contributed by atoms with van der Waals surface area (Å²) in [5, 5.41) is 33.0. The van der Waals surface area contributed by atoms with E-state index in [0.29, 0.717) is 52.6 Å². The van der Waals surface area contributed by atoms with Crippen molar-refractivity contribution in [1.29, 1.82) is 0 Å². The van der Waals surface area contributed by atoms with Crippen LogP contribution in [0.1, 0.15) is 0 Å². The van der Waals surface area contributed by atoms with Gasteiger partial charge in [0.15, 0.2) is 0 Å². The predicted octanol–water partition coefficient (Wildman–Crippen LogP) is -0.283. The fraction of sp³-hybridized carbons (Fsp3) is 0.667. The molecule has 0 saturated heterocycles. The number of aliphatic hydroxyl groups excluding tert-OH is 4. The van der Waals surface area contributed by atoms with Gasteiger partial charge in [-0.15, -0.1) is 0 Å². The molecule has 0 aromatic heterocycles. The summed E-state index contributed by atoms with van der Waals surface area (Å²) >= 11 is 0. The summed E-state index contributed by atoms with van der Waals surface area (Å²) in [4.78, 5) is 13.9. The second-order valence-corrected chi connectivity index (χ2v) is 4.05. The minimum absolute atomic E-state index is 0. The van der Waals surface area contributed by atoms with Crippen LogP contribution in [0, 0.1) is 0 Å². The smallest absolute Gasteiger partial charge is 0.381 e. The molecule has 0 unspecified atom stereocenters. The van der Waals surface area contributed by atoms with Gasteiger partial charge >= 0.3 is 24.3 Å². The molecule has 0 saturated carbocycles. The Hall–Kier alpha value is -1.67. The zero-order valence-corrected chi connectivity index (χ0v) is 16.8. The van der Waals surface area contributed by atoms with Crippen molar-refractivity contribution in [1.82, 2.24) is 0 Å². The normalized spacial score (nSPS) is 18.2. The van der Waals surface area contributed by atoms with Crippen LogP contribution in [0.25, 0.3) is 0 Å². The number of aliphatic hydroxyl groups is 4. The van der Waals surface area contributed by atoms with E-state index < -0.39 is 0 Å². The average Bonchev–Trinajstić information content (AvgIpc) is 3.31. The third kappa shape index (κ3) is 14.7. The molecule has 14 heteroatoms. The molecule has 4 heterocycles. The van der Waals surface area contributed by atoms with Crippen LogP contribution in [-0.4, -0.2) is 97.4 Å². The first kappa shape index (κ1) is 26.6. The molecule has 12 nitrogen and oxygen atoms in total. The Morgan fingerprint density at radius 1 is 0.462 bits per heavy atom. The zero-order valence-electron chi connectivity index (χ0n) is 13.5. The van der Waals surface area contributed by atoms with Gasteiger partial charge in [-0.25, -0.2) is 20.0 Å². The third-order valence-corrected chi connectivity index (χ3v) is 2.28. The Morgan fingerprint density at radius 2 is 0.654 bits per heavy atom. The van der Waals surface area contributed by atoms with Gasteiger partial charge < -0.3 is 39.4 Å². The van der Waals surface area contributed by atoms with Crippen molar-refractivity contribution in [2.45, 2.75) is 0 Å². The maximum Gasteiger partial charge on any atom is 0.381 e. The summed E-state index contributed by atoms with van der Waals surface area (Å²) in [5.74, 6) is 0. The van der Waals surface area contributed by atoms with E-state index in [1.165, 1.54) is 0 Å². The Labute approximate surface area is 175 Å². The molecule has 0 amide bonds. The van der Waals surface area contributed by atoms with E-state index in [1.54, 1.807) is 0 Å². The molecule has 0 aromatic carbocycles. The molecular formula is C12H20N4O8Rh2. The fourth-order valence-electron chi connectivity index (χ4n) is 1.30. The molecule has 0 fully saturated rings. The Kier molecular flexibility index (Phi) is 17.1. The van der Waals surface area contributed by atoms with Crippen molar-refractivity contribution in [3.8, 4) is 0 Å². The fourth-order valence-corrected chi connectivity index (χ4v) is 1.30. The van der Waals surface area contributed by atoms with E-state index >= 15 is 0 Å². The van der Waals surface area contributed by atoms with Crippen LogP contribution in [0.15, 0.2) is 20.0 Å². The summed E-state index contributed by atoms with van der Waals surface area (Å²) in [6.45, 7) is 4.55. The number of aliphatic imine (C=N–C) groups is 4. The molecule has 4 rings (SSSR count). The Bertz CT molecular complexity index is 414. The van der Waals surface area contributed by atoms with E-state index in [4.69, 9.17) is 20.4 Å². The summed E-state index contributed by atoms with van der Waals surface area (Å²) in [6, 6.07) is 0. The first-order valence-corrected chi connectivity index (χ1v) is 7.02. The standard InChI is InChI=1S/4C3H5NO2.2Rh/c4*5-3-4-1-2-6-3;;/h4*1-2H2,(H,4,5);;. The summed E-state index contributed by atoms with van der Waals surface area (Å²) in [7, 11) is 0. The molecule has 0 aliphatic carbocycles. The van der Waals surface area contributed by atoms with Crippen molar-refractivity contribution in [2.75, 3.05) is 52.6 Å². The molecule has 4 N–H and O–H groups in total. The summed E-state index contributed by atoms with van der Waals surface area (Å²) < 4.78 is 17.8. The number of rotatable bonds is 0. The van der Waals surface area contributed by atoms with Crippen molar-refractivity contribution in [3.05, 3.63) is 0 Å². The van der Waals surface area contributed by atoms with Crippen molar-refractivity contribution >= 4 is 24.3 Å². The predicted molar refractivity (Wildman–Crippen MR) is 83.5 cm³/mol. The van der Waals surface area contributed by atoms with Gasteiger partial charge in [-0.2, -0.15) is 0 Å². The monoisotopic (exact) mass is 554 g/mol. The number of ether oxygens (including phenoxy) is 4. The van der Waals surface area contributed by atoms with Gasteiger partial charge in [-0.3, -0.25) is 0 Å². The molecule has 0 atom stereocenters. The van der Waals surface area contributed by atoms with E-state index in [9.17, 15) is 0 Å². The second kappa shape index (κ2) is 16.8. The molecule has 2 radical (unpaired) electrons. The van der Waals surface area contributed by atoms with Gasteiger partial charge in [0.25, 0.3) is 0 Å². The van der Waals surface area contributed by atoms with Crippen LogP contribution in [0.4, 0.5) is 0 Å². The minimum Gasteiger partial charge on any atom is -0.466 e. The van der Waals surface area contributed by atoms with Crippen LogP contribution < -0.4 is 0 Å². The Morgan fingerprint density at radius 3 is 0.692 bits per heavy atom. The van der Waals surface area contributed by atoms with Crippen LogP contribution in [-0.2, 0) is 57.9 Å². The van der Waals surface area contributed by atoms with Crippen LogP contribution in [0.3, 0.4) is 0 Å². The Balaban J connectivity index is 0. The molecule has 4 aliphatic rings. The van der Waals surface area contributed by atoms with Gasteiger partial charge in [-0.1, -0.05) is 0 Å². The van der Waals surface area contributed by atoms with Gasteiger partial charge in [0.2, 0.25) is 0 Å². The van der Waals surface area contributed by atoms with E-state index in [0.717, 1.165) is 0 Å². The quantitative estimate of drug-likeness (QED) is 0.297. The minimum atomic E-state index is -0.171. The summed E-state index contributed by atoms with van der Waals surface area (Å²) in [5.41, 5.74) is 0. The number of hydrogen-bond donors (Lipinski definition) is 4.